The minimum atomic E-state index is -2.05. The molecule has 0 saturated carbocycles. The van der Waals surface area contributed by atoms with Gasteiger partial charge in [-0.2, -0.15) is 0 Å². The number of nitrogens with one attached hydrogen (secondary N) is 12. The summed E-state index contributed by atoms with van der Waals surface area (Å²) in [5, 5.41) is 116. The fraction of sp³-hybridized carbons (Fsp3) is 0.726. The topological polar surface area (TPSA) is 773 Å². The second-order valence-electron chi connectivity index (χ2n) is 24.6. The lowest BCUT2D eigenvalue weighted by Crippen LogP contribution is -2.61. The van der Waals surface area contributed by atoms with Crippen LogP contribution >= 0.6 is 0 Å². The van der Waals surface area contributed by atoms with Crippen LogP contribution in [0.2, 0.25) is 0 Å². The van der Waals surface area contributed by atoms with Crippen LogP contribution in [0.3, 0.4) is 0 Å². The minimum absolute atomic E-state index is 0.0359. The number of aliphatic carboxylic acids is 5. The molecule has 0 saturated heterocycles. The summed E-state index contributed by atoms with van der Waals surface area (Å²) in [6.07, 6.45) is -4.46. The Morgan fingerprint density at radius 1 is 0.217 bits per heavy atom. The third-order valence-electron chi connectivity index (χ3n) is 16.0. The van der Waals surface area contributed by atoms with Crippen molar-refractivity contribution in [2.75, 3.05) is 59.2 Å². The normalized spacial score (nSPS) is 14.7. The zero-order chi connectivity index (χ0) is 80.4. The highest BCUT2D eigenvalue weighted by Gasteiger charge is 2.38. The van der Waals surface area contributed by atoms with Gasteiger partial charge in [-0.1, -0.05) is 0 Å². The van der Waals surface area contributed by atoms with Crippen LogP contribution in [0.15, 0.2) is 0 Å². The average molecular weight is 1520 g/mol. The monoisotopic (exact) mass is 1520 g/mol. The molecule has 106 heavy (non-hydrogen) atoms. The maximum Gasteiger partial charge on any atom is 0.326 e. The molecule has 0 aliphatic carbocycles. The molecule has 44 nitrogen and oxygen atoms in total. The van der Waals surface area contributed by atoms with E-state index in [1.165, 1.54) is 0 Å². The van der Waals surface area contributed by atoms with Crippen molar-refractivity contribution in [2.45, 2.75) is 226 Å². The minimum Gasteiger partial charge on any atom is -0.481 e. The van der Waals surface area contributed by atoms with Crippen LogP contribution < -0.4 is 98.2 Å². The number of amides is 12. The molecule has 0 aromatic rings. The van der Waals surface area contributed by atoms with Crippen LogP contribution in [0, 0.1) is 0 Å². The molecular weight excluding hydrogens is 1410 g/mol. The van der Waals surface area contributed by atoms with Crippen molar-refractivity contribution < 1.29 is 127 Å². The highest BCUT2D eigenvalue weighted by atomic mass is 16.4. The number of carbonyl (C=O) groups is 17. The van der Waals surface area contributed by atoms with Crippen LogP contribution in [0.1, 0.15) is 148 Å². The lowest BCUT2D eigenvalue weighted by Gasteiger charge is -2.28. The van der Waals surface area contributed by atoms with Gasteiger partial charge in [-0.25, -0.2) is 4.79 Å². The molecule has 0 radical (unpaired) electrons. The quantitative estimate of drug-likeness (QED) is 0.0251. The fourth-order valence-electron chi connectivity index (χ4n) is 9.88. The summed E-state index contributed by atoms with van der Waals surface area (Å²) in [5.41, 5.74) is 33.7. The first-order valence-corrected chi connectivity index (χ1v) is 34.7. The first kappa shape index (κ1) is 96.6. The first-order valence-electron chi connectivity index (χ1n) is 34.7. The van der Waals surface area contributed by atoms with Gasteiger partial charge in [0.2, 0.25) is 70.9 Å². The Kier molecular flexibility index (Phi) is 50.2. The Bertz CT molecular complexity index is 2870. The molecule has 0 heterocycles. The van der Waals surface area contributed by atoms with E-state index in [1.807, 2.05) is 0 Å². The molecule has 0 fully saturated rings. The van der Waals surface area contributed by atoms with Gasteiger partial charge in [-0.15, -0.1) is 0 Å². The van der Waals surface area contributed by atoms with Gasteiger partial charge in [0.05, 0.1) is 26.4 Å². The van der Waals surface area contributed by atoms with Crippen molar-refractivity contribution in [1.82, 2.24) is 63.8 Å². The predicted molar refractivity (Wildman–Crippen MR) is 369 cm³/mol. The SMILES string of the molecule is NCCCC[C@H](NC(=O)[C@H](CCC(=O)O)NC(=O)[C@H](CCCCN)NC(=O)[C@H](CO)NC(=O)[C@H](CCC(=O)O)NC(=O)[C@H](CCCCN)NC(=O)[C@H](CO)NC(=O)[C@H](CCC(=O)O)NC(=O)[C@H](CCCCN)NC(=O)[C@H](CO)NC(=O)[C@H](CCC(=O)O)NC(=O)[C@H](CCCCN)NC(=O)[C@@H](N)CO)C(=O)O. The number of carbonyl (C=O) groups excluding carboxylic acids is 12. The molecule has 0 spiro atoms. The largest absolute Gasteiger partial charge is 0.481 e. The Hall–Kier alpha value is -9.41. The highest BCUT2D eigenvalue weighted by molar-refractivity contribution is 6.00. The second kappa shape index (κ2) is 55.1. The number of rotatable bonds is 61. The smallest absolute Gasteiger partial charge is 0.326 e. The van der Waals surface area contributed by atoms with E-state index in [9.17, 15) is 127 Å². The summed E-state index contributed by atoms with van der Waals surface area (Å²) < 4.78 is 0. The van der Waals surface area contributed by atoms with Gasteiger partial charge >= 0.3 is 29.8 Å². The number of carboxylic acids is 5. The summed E-state index contributed by atoms with van der Waals surface area (Å²) in [7, 11) is 0. The molecular formula is C62H110N18O26. The van der Waals surface area contributed by atoms with E-state index in [0.29, 0.717) is 12.8 Å². The number of carboxylic acid groups (broad SMARTS) is 5. The van der Waals surface area contributed by atoms with E-state index in [2.05, 4.69) is 63.8 Å². The van der Waals surface area contributed by atoms with E-state index in [-0.39, 0.29) is 116 Å². The molecule has 0 bridgehead atoms. The van der Waals surface area contributed by atoms with Crippen LogP contribution in [-0.4, -0.2) is 284 Å². The van der Waals surface area contributed by atoms with Crippen LogP contribution in [0.5, 0.6) is 0 Å². The van der Waals surface area contributed by atoms with Crippen molar-refractivity contribution in [2.24, 2.45) is 34.4 Å². The Morgan fingerprint density at radius 3 is 0.547 bits per heavy atom. The maximum atomic E-state index is 14.2. The third-order valence-corrected chi connectivity index (χ3v) is 16.0. The molecule has 13 atom stereocenters. The number of hydrogen-bond acceptors (Lipinski definition) is 27. The van der Waals surface area contributed by atoms with E-state index in [4.69, 9.17) is 34.4 Å². The molecule has 33 N–H and O–H groups in total. The summed E-state index contributed by atoms with van der Waals surface area (Å²) in [4.78, 5) is 224. The van der Waals surface area contributed by atoms with Gasteiger partial charge in [0.1, 0.15) is 78.5 Å². The Labute approximate surface area is 610 Å². The van der Waals surface area contributed by atoms with Gasteiger partial charge < -0.3 is 144 Å². The van der Waals surface area contributed by atoms with E-state index >= 15 is 0 Å². The predicted octanol–water partition coefficient (Wildman–Crippen LogP) is -10.7. The van der Waals surface area contributed by atoms with Crippen LogP contribution in [0.25, 0.3) is 0 Å². The number of aliphatic hydroxyl groups excluding tert-OH is 4. The zero-order valence-corrected chi connectivity index (χ0v) is 59.1. The molecule has 0 aliphatic rings. The van der Waals surface area contributed by atoms with Crippen molar-refractivity contribution in [3.05, 3.63) is 0 Å². The third kappa shape index (κ3) is 40.2. The first-order chi connectivity index (χ1) is 50.2. The molecule has 604 valence electrons. The van der Waals surface area contributed by atoms with Gasteiger partial charge in [0.25, 0.3) is 0 Å². The van der Waals surface area contributed by atoms with Crippen molar-refractivity contribution in [3.8, 4) is 0 Å². The molecule has 0 aromatic carbocycles. The number of hydrogen-bond donors (Lipinski definition) is 27. The summed E-state index contributed by atoms with van der Waals surface area (Å²) >= 11 is 0. The zero-order valence-electron chi connectivity index (χ0n) is 59.1. The highest BCUT2D eigenvalue weighted by Crippen LogP contribution is 2.13. The average Bonchev–Trinajstić information content (AvgIpc) is 0.865. The van der Waals surface area contributed by atoms with Gasteiger partial charge in [-0.3, -0.25) is 76.7 Å². The molecule has 0 aliphatic heterocycles. The molecule has 44 heteroatoms. The van der Waals surface area contributed by atoms with Crippen molar-refractivity contribution in [1.29, 1.82) is 0 Å². The lowest BCUT2D eigenvalue weighted by molar-refractivity contribution is -0.143. The summed E-state index contributed by atoms with van der Waals surface area (Å²) in [5.74, 6) is -21.7. The maximum absolute atomic E-state index is 14.2. The molecule has 0 rings (SSSR count). The Balaban J connectivity index is 6.99. The molecule has 0 unspecified atom stereocenters. The molecule has 12 amide bonds. The number of aliphatic hydroxyl groups is 4. The van der Waals surface area contributed by atoms with Gasteiger partial charge in [-0.05, 0) is 155 Å². The van der Waals surface area contributed by atoms with Crippen LogP contribution in [0.4, 0.5) is 0 Å². The lowest BCUT2D eigenvalue weighted by atomic mass is 10.0. The van der Waals surface area contributed by atoms with E-state index in [0.717, 1.165) is 0 Å². The van der Waals surface area contributed by atoms with Crippen molar-refractivity contribution >= 4 is 101 Å². The van der Waals surface area contributed by atoms with E-state index < -0.39 is 257 Å². The summed E-state index contributed by atoms with van der Waals surface area (Å²) in [6, 6.07) is -22.6. The van der Waals surface area contributed by atoms with Gasteiger partial charge in [0, 0.05) is 25.7 Å². The van der Waals surface area contributed by atoms with Gasteiger partial charge in [0.15, 0.2) is 0 Å². The number of unbranched alkanes of at least 4 members (excludes halogenated alkanes) is 5. The summed E-state index contributed by atoms with van der Waals surface area (Å²) in [6.45, 7) is -3.90. The van der Waals surface area contributed by atoms with E-state index in [1.54, 1.807) is 0 Å². The Morgan fingerprint density at radius 2 is 0.377 bits per heavy atom. The second-order valence-corrected chi connectivity index (χ2v) is 24.6. The van der Waals surface area contributed by atoms with Crippen molar-refractivity contribution in [3.63, 3.8) is 0 Å². The molecule has 0 aromatic heterocycles. The standard InChI is InChI=1S/C62H110N18O26/c63-24-6-1-11-34(69-50(93)33(68)29-81)51(94)74-39(17-21-47(87)88)56(99)78-43(30-82)60(103)71-36(13-3-8-26-65)53(96)76-41(19-23-49(91)92)58(101)80-45(32-84)61(104)72-37(14-4-9-27-66)54(97)75-40(18-22-48(89)90)57(100)79-44(31-83)59(102)70-35(12-2-7-25-64)52(95)73-38(16-20-46(85)86)55(98)77-42(62(105)106)15-5-10-28-67/h33-45,81-84H,1-32,63-68H2,(H,69,93)(H,70,102)(H,71,103)(H,72,104)(H,73,95)(H,74,94)(H,75,97)(H,76,96)(H,77,98)(H,78,99)(H,79,100)(H,80,101)(H,85,86)(H,87,88)(H,89,90)(H,91,92)(H,105,106)/t33-,34-,35-,36-,37-,38-,39-,40-,41-,42-,43-,44-,45-/m0/s1. The number of nitrogens with two attached hydrogens (primary N) is 6. The van der Waals surface area contributed by atoms with Crippen LogP contribution in [-0.2, 0) is 81.5 Å². The fourth-order valence-corrected chi connectivity index (χ4v) is 9.88.